The first-order chi connectivity index (χ1) is 10.2. The summed E-state index contributed by atoms with van der Waals surface area (Å²) in [5.41, 5.74) is -0.290. The highest BCUT2D eigenvalue weighted by atomic mass is 16.6. The molecular formula is C15H20N2O5. The van der Waals surface area contributed by atoms with Gasteiger partial charge in [-0.2, -0.15) is 0 Å². The first-order valence-electron chi connectivity index (χ1n) is 6.77. The van der Waals surface area contributed by atoms with Crippen molar-refractivity contribution >= 4 is 18.0 Å². The topological polar surface area (TPSA) is 105 Å². The molecule has 0 aliphatic heterocycles. The number of amides is 2. The summed E-state index contributed by atoms with van der Waals surface area (Å²) in [7, 11) is 0. The van der Waals surface area contributed by atoms with Crippen molar-refractivity contribution in [3.63, 3.8) is 0 Å². The Morgan fingerprint density at radius 3 is 2.27 bits per heavy atom. The fourth-order valence-corrected chi connectivity index (χ4v) is 1.55. The molecule has 3 N–H and O–H groups in total. The molecule has 0 aliphatic carbocycles. The third kappa shape index (κ3) is 6.25. The molecule has 2 amide bonds. The van der Waals surface area contributed by atoms with Gasteiger partial charge in [-0.3, -0.25) is 4.79 Å². The summed E-state index contributed by atoms with van der Waals surface area (Å²) in [4.78, 5) is 34.1. The third-order valence-electron chi connectivity index (χ3n) is 2.45. The van der Waals surface area contributed by atoms with Crippen molar-refractivity contribution < 1.29 is 24.2 Å². The predicted octanol–water partition coefficient (Wildman–Crippen LogP) is 1.64. The molecule has 0 aromatic heterocycles. The van der Waals surface area contributed by atoms with Crippen LogP contribution in [-0.2, 0) is 4.74 Å². The second-order valence-electron chi connectivity index (χ2n) is 5.57. The highest BCUT2D eigenvalue weighted by Gasteiger charge is 2.15. The van der Waals surface area contributed by atoms with Crippen LogP contribution in [0.15, 0.2) is 24.3 Å². The highest BCUT2D eigenvalue weighted by molar-refractivity contribution is 5.97. The van der Waals surface area contributed by atoms with Crippen LogP contribution in [-0.4, -0.2) is 41.8 Å². The number of carboxylic acids is 1. The van der Waals surface area contributed by atoms with Crippen LogP contribution in [0, 0.1) is 0 Å². The molecule has 0 saturated heterocycles. The molecule has 0 saturated carbocycles. The molecule has 0 bridgehead atoms. The molecule has 0 spiro atoms. The molecule has 22 heavy (non-hydrogen) atoms. The fourth-order valence-electron chi connectivity index (χ4n) is 1.55. The van der Waals surface area contributed by atoms with E-state index >= 15 is 0 Å². The number of carbonyl (C=O) groups excluding carboxylic acids is 2. The van der Waals surface area contributed by atoms with Gasteiger partial charge in [0.15, 0.2) is 0 Å². The van der Waals surface area contributed by atoms with Gasteiger partial charge in [0, 0.05) is 18.7 Å². The average molecular weight is 308 g/mol. The Morgan fingerprint density at radius 2 is 1.68 bits per heavy atom. The van der Waals surface area contributed by atoms with Crippen molar-refractivity contribution in [2.75, 3.05) is 13.1 Å². The number of carboxylic acid groups (broad SMARTS) is 1. The van der Waals surface area contributed by atoms with E-state index in [0.29, 0.717) is 0 Å². The van der Waals surface area contributed by atoms with E-state index in [1.165, 1.54) is 24.3 Å². The lowest BCUT2D eigenvalue weighted by atomic mass is 10.1. The molecule has 0 unspecified atom stereocenters. The summed E-state index contributed by atoms with van der Waals surface area (Å²) < 4.78 is 5.04. The molecule has 7 nitrogen and oxygen atoms in total. The SMILES string of the molecule is CC(C)(C)OC(=O)NCCNC(=O)c1cccc(C(=O)O)c1. The quantitative estimate of drug-likeness (QED) is 0.717. The Morgan fingerprint density at radius 1 is 1.09 bits per heavy atom. The van der Waals surface area contributed by atoms with Crippen LogP contribution in [0.1, 0.15) is 41.5 Å². The van der Waals surface area contributed by atoms with Crippen LogP contribution < -0.4 is 10.6 Å². The van der Waals surface area contributed by atoms with Crippen LogP contribution in [0.3, 0.4) is 0 Å². The number of ether oxygens (including phenoxy) is 1. The number of hydrogen-bond donors (Lipinski definition) is 3. The molecule has 120 valence electrons. The third-order valence-corrected chi connectivity index (χ3v) is 2.45. The van der Waals surface area contributed by atoms with E-state index in [4.69, 9.17) is 9.84 Å². The van der Waals surface area contributed by atoms with Crippen LogP contribution in [0.5, 0.6) is 0 Å². The van der Waals surface area contributed by atoms with E-state index in [0.717, 1.165) is 0 Å². The van der Waals surface area contributed by atoms with E-state index in [9.17, 15) is 14.4 Å². The van der Waals surface area contributed by atoms with Gasteiger partial charge in [-0.25, -0.2) is 9.59 Å². The monoisotopic (exact) mass is 308 g/mol. The molecule has 0 atom stereocenters. The smallest absolute Gasteiger partial charge is 0.407 e. The van der Waals surface area contributed by atoms with Crippen molar-refractivity contribution in [2.24, 2.45) is 0 Å². The van der Waals surface area contributed by atoms with Gasteiger partial charge in [-0.05, 0) is 39.0 Å². The minimum Gasteiger partial charge on any atom is -0.478 e. The highest BCUT2D eigenvalue weighted by Crippen LogP contribution is 2.06. The molecular weight excluding hydrogens is 288 g/mol. The van der Waals surface area contributed by atoms with E-state index < -0.39 is 23.6 Å². The second-order valence-corrected chi connectivity index (χ2v) is 5.57. The fraction of sp³-hybridized carbons (Fsp3) is 0.400. The Kier molecular flexibility index (Phi) is 5.91. The number of alkyl carbamates (subject to hydrolysis) is 1. The van der Waals surface area contributed by atoms with Gasteiger partial charge in [0.2, 0.25) is 0 Å². The lowest BCUT2D eigenvalue weighted by Crippen LogP contribution is -2.37. The molecule has 0 heterocycles. The van der Waals surface area contributed by atoms with Gasteiger partial charge >= 0.3 is 12.1 Å². The summed E-state index contributed by atoms with van der Waals surface area (Å²) in [6, 6.07) is 5.71. The van der Waals surface area contributed by atoms with Crippen LogP contribution in [0.2, 0.25) is 0 Å². The Balaban J connectivity index is 2.39. The van der Waals surface area contributed by atoms with Crippen molar-refractivity contribution in [3.8, 4) is 0 Å². The zero-order valence-electron chi connectivity index (χ0n) is 12.8. The molecule has 1 rings (SSSR count). The summed E-state index contributed by atoms with van der Waals surface area (Å²) in [6.07, 6.45) is -0.561. The van der Waals surface area contributed by atoms with E-state index in [1.54, 1.807) is 20.8 Å². The number of benzene rings is 1. The Bertz CT molecular complexity index is 563. The predicted molar refractivity (Wildman–Crippen MR) is 80.0 cm³/mol. The van der Waals surface area contributed by atoms with Gasteiger partial charge in [-0.15, -0.1) is 0 Å². The molecule has 7 heteroatoms. The van der Waals surface area contributed by atoms with E-state index in [-0.39, 0.29) is 24.2 Å². The van der Waals surface area contributed by atoms with E-state index in [1.807, 2.05) is 0 Å². The Hall–Kier alpha value is -2.57. The lowest BCUT2D eigenvalue weighted by Gasteiger charge is -2.19. The van der Waals surface area contributed by atoms with Gasteiger partial charge in [-0.1, -0.05) is 6.07 Å². The Labute approximate surface area is 128 Å². The largest absolute Gasteiger partial charge is 0.478 e. The lowest BCUT2D eigenvalue weighted by molar-refractivity contribution is 0.0526. The average Bonchev–Trinajstić information content (AvgIpc) is 2.41. The summed E-state index contributed by atoms with van der Waals surface area (Å²) in [6.45, 7) is 5.67. The molecule has 1 aromatic carbocycles. The van der Waals surface area contributed by atoms with Gasteiger partial charge in [0.05, 0.1) is 5.56 Å². The summed E-state index contributed by atoms with van der Waals surface area (Å²) in [5, 5.41) is 14.0. The van der Waals surface area contributed by atoms with E-state index in [2.05, 4.69) is 10.6 Å². The van der Waals surface area contributed by atoms with Crippen LogP contribution in [0.25, 0.3) is 0 Å². The second kappa shape index (κ2) is 7.44. The number of nitrogens with one attached hydrogen (secondary N) is 2. The zero-order valence-corrected chi connectivity index (χ0v) is 12.8. The molecule has 1 aromatic rings. The number of rotatable bonds is 5. The number of hydrogen-bond acceptors (Lipinski definition) is 4. The molecule has 0 fully saturated rings. The maximum atomic E-state index is 11.8. The van der Waals surface area contributed by atoms with Gasteiger partial charge in [0.25, 0.3) is 5.91 Å². The molecule has 0 aliphatic rings. The van der Waals surface area contributed by atoms with Crippen LogP contribution in [0.4, 0.5) is 4.79 Å². The number of aromatic carboxylic acids is 1. The number of carbonyl (C=O) groups is 3. The first kappa shape index (κ1) is 17.5. The minimum atomic E-state index is -1.10. The zero-order chi connectivity index (χ0) is 16.8. The van der Waals surface area contributed by atoms with Crippen molar-refractivity contribution in [2.45, 2.75) is 26.4 Å². The molecule has 0 radical (unpaired) electrons. The normalized spacial score (nSPS) is 10.7. The summed E-state index contributed by atoms with van der Waals surface area (Å²) >= 11 is 0. The maximum Gasteiger partial charge on any atom is 0.407 e. The standard InChI is InChI=1S/C15H20N2O5/c1-15(2,3)22-14(21)17-8-7-16-12(18)10-5-4-6-11(9-10)13(19)20/h4-6,9H,7-8H2,1-3H3,(H,16,18)(H,17,21)(H,19,20). The van der Waals surface area contributed by atoms with Crippen molar-refractivity contribution in [1.82, 2.24) is 10.6 Å². The van der Waals surface area contributed by atoms with Crippen molar-refractivity contribution in [1.29, 1.82) is 0 Å². The van der Waals surface area contributed by atoms with Crippen LogP contribution >= 0.6 is 0 Å². The van der Waals surface area contributed by atoms with Gasteiger partial charge < -0.3 is 20.5 Å². The minimum absolute atomic E-state index is 0.0412. The maximum absolute atomic E-state index is 11.8. The first-order valence-corrected chi connectivity index (χ1v) is 6.77. The summed E-state index contributed by atoms with van der Waals surface area (Å²) in [5.74, 6) is -1.50. The van der Waals surface area contributed by atoms with Crippen molar-refractivity contribution in [3.05, 3.63) is 35.4 Å². The van der Waals surface area contributed by atoms with Gasteiger partial charge in [0.1, 0.15) is 5.60 Å².